The van der Waals surface area contributed by atoms with E-state index in [1.807, 2.05) is 19.9 Å². The largest absolute Gasteiger partial charge is 0.496 e. The summed E-state index contributed by atoms with van der Waals surface area (Å²) < 4.78 is 10.2. The molecule has 0 aliphatic rings. The number of benzene rings is 1. The fourth-order valence-electron chi connectivity index (χ4n) is 2.29. The highest BCUT2D eigenvalue weighted by atomic mass is 32.1. The van der Waals surface area contributed by atoms with Crippen molar-refractivity contribution in [1.29, 1.82) is 0 Å². The van der Waals surface area contributed by atoms with E-state index in [0.29, 0.717) is 29.5 Å². The summed E-state index contributed by atoms with van der Waals surface area (Å²) in [6, 6.07) is 7.08. The lowest BCUT2D eigenvalue weighted by molar-refractivity contribution is 0.0520. The minimum atomic E-state index is -0.447. The molecule has 0 aliphatic carbocycles. The molecule has 0 spiro atoms. The van der Waals surface area contributed by atoms with Gasteiger partial charge in [0.05, 0.1) is 25.8 Å². The molecule has 2 aromatic rings. The number of aromatic nitrogens is 1. The Morgan fingerprint density at radius 1 is 1.28 bits per heavy atom. The molecule has 25 heavy (non-hydrogen) atoms. The summed E-state index contributed by atoms with van der Waals surface area (Å²) in [7, 11) is 1.54. The van der Waals surface area contributed by atoms with Gasteiger partial charge in [-0.25, -0.2) is 9.78 Å². The Balaban J connectivity index is 2.21. The van der Waals surface area contributed by atoms with E-state index in [1.165, 1.54) is 18.4 Å². The van der Waals surface area contributed by atoms with Gasteiger partial charge in [0.25, 0.3) is 5.91 Å². The van der Waals surface area contributed by atoms with Crippen LogP contribution in [0.2, 0.25) is 0 Å². The second kappa shape index (κ2) is 8.62. The van der Waals surface area contributed by atoms with Crippen LogP contribution in [0.4, 0.5) is 0 Å². The molecule has 7 heteroatoms. The molecule has 0 saturated heterocycles. The number of para-hydroxylation sites is 1. The molecule has 134 valence electrons. The molecule has 0 radical (unpaired) electrons. The number of methoxy groups -OCH3 is 1. The van der Waals surface area contributed by atoms with Crippen LogP contribution in [-0.4, -0.2) is 41.5 Å². The fraction of sp³-hybridized carbons (Fsp3) is 0.389. The quantitative estimate of drug-likeness (QED) is 0.706. The van der Waals surface area contributed by atoms with Crippen molar-refractivity contribution >= 4 is 23.2 Å². The minimum absolute atomic E-state index is 0.0349. The molecule has 1 heterocycles. The SMILES string of the molecule is CCOC(=O)c1csc(CN(C(=O)c2ccccc2OC)C(C)C)n1. The number of esters is 1. The lowest BCUT2D eigenvalue weighted by Crippen LogP contribution is -2.36. The van der Waals surface area contributed by atoms with Crippen molar-refractivity contribution in [3.8, 4) is 5.75 Å². The molecule has 0 N–H and O–H groups in total. The van der Waals surface area contributed by atoms with Crippen molar-refractivity contribution in [2.45, 2.75) is 33.4 Å². The number of hydrogen-bond acceptors (Lipinski definition) is 6. The third-order valence-corrected chi connectivity index (χ3v) is 4.40. The smallest absolute Gasteiger partial charge is 0.357 e. The number of nitrogens with zero attached hydrogens (tertiary/aromatic N) is 2. The molecular weight excluding hydrogens is 340 g/mol. The number of rotatable bonds is 7. The summed E-state index contributed by atoms with van der Waals surface area (Å²) in [5, 5.41) is 2.33. The average molecular weight is 362 g/mol. The molecule has 1 aromatic carbocycles. The Bertz CT molecular complexity index is 742. The van der Waals surface area contributed by atoms with Gasteiger partial charge < -0.3 is 14.4 Å². The summed E-state index contributed by atoms with van der Waals surface area (Å²) in [5.41, 5.74) is 0.774. The van der Waals surface area contributed by atoms with Gasteiger partial charge in [0.15, 0.2) is 5.69 Å². The van der Waals surface area contributed by atoms with Crippen molar-refractivity contribution in [1.82, 2.24) is 9.88 Å². The maximum atomic E-state index is 12.9. The topological polar surface area (TPSA) is 68.7 Å². The van der Waals surface area contributed by atoms with E-state index in [1.54, 1.807) is 35.4 Å². The summed E-state index contributed by atoms with van der Waals surface area (Å²) in [6.07, 6.45) is 0. The molecule has 1 aromatic heterocycles. The van der Waals surface area contributed by atoms with Gasteiger partial charge in [-0.15, -0.1) is 11.3 Å². The van der Waals surface area contributed by atoms with Gasteiger partial charge in [0, 0.05) is 11.4 Å². The zero-order valence-corrected chi connectivity index (χ0v) is 15.6. The number of amides is 1. The normalized spacial score (nSPS) is 10.6. The van der Waals surface area contributed by atoms with Crippen molar-refractivity contribution < 1.29 is 19.1 Å². The van der Waals surface area contributed by atoms with Gasteiger partial charge in [0.2, 0.25) is 0 Å². The van der Waals surface area contributed by atoms with Crippen molar-refractivity contribution in [2.75, 3.05) is 13.7 Å². The Morgan fingerprint density at radius 3 is 2.64 bits per heavy atom. The van der Waals surface area contributed by atoms with Gasteiger partial charge in [-0.2, -0.15) is 0 Å². The van der Waals surface area contributed by atoms with E-state index in [9.17, 15) is 9.59 Å². The predicted molar refractivity (Wildman–Crippen MR) is 96.1 cm³/mol. The van der Waals surface area contributed by atoms with Gasteiger partial charge in [-0.05, 0) is 32.9 Å². The first-order chi connectivity index (χ1) is 12.0. The van der Waals surface area contributed by atoms with Gasteiger partial charge >= 0.3 is 5.97 Å². The van der Waals surface area contributed by atoms with Crippen LogP contribution < -0.4 is 4.74 Å². The van der Waals surface area contributed by atoms with Crippen LogP contribution in [0.1, 0.15) is 46.6 Å². The van der Waals surface area contributed by atoms with Gasteiger partial charge in [-0.1, -0.05) is 12.1 Å². The highest BCUT2D eigenvalue weighted by molar-refractivity contribution is 7.09. The Morgan fingerprint density at radius 2 is 2.00 bits per heavy atom. The minimum Gasteiger partial charge on any atom is -0.496 e. The molecule has 0 atom stereocenters. The van der Waals surface area contributed by atoms with E-state index >= 15 is 0 Å². The van der Waals surface area contributed by atoms with Crippen LogP contribution in [-0.2, 0) is 11.3 Å². The molecular formula is C18H22N2O4S. The van der Waals surface area contributed by atoms with Gasteiger partial charge in [0.1, 0.15) is 10.8 Å². The third kappa shape index (κ3) is 4.57. The summed E-state index contributed by atoms with van der Waals surface area (Å²) in [6.45, 7) is 6.24. The lowest BCUT2D eigenvalue weighted by atomic mass is 10.1. The molecule has 2 rings (SSSR count). The predicted octanol–water partition coefficient (Wildman–Crippen LogP) is 3.38. The van der Waals surface area contributed by atoms with Crippen molar-refractivity contribution in [3.63, 3.8) is 0 Å². The molecule has 0 bridgehead atoms. The standard InChI is InChI=1S/C18H22N2O4S/c1-5-24-18(22)14-11-25-16(19-14)10-20(12(2)3)17(21)13-8-6-7-9-15(13)23-4/h6-9,11-12H,5,10H2,1-4H3. The van der Waals surface area contributed by atoms with E-state index in [-0.39, 0.29) is 17.6 Å². The Hall–Kier alpha value is -2.41. The van der Waals surface area contributed by atoms with Crippen LogP contribution in [0.5, 0.6) is 5.75 Å². The summed E-state index contributed by atoms with van der Waals surface area (Å²) in [5.74, 6) is -0.0537. The lowest BCUT2D eigenvalue weighted by Gasteiger charge is -2.26. The number of ether oxygens (including phenoxy) is 2. The van der Waals surface area contributed by atoms with E-state index in [2.05, 4.69) is 4.98 Å². The molecule has 0 aliphatic heterocycles. The van der Waals surface area contributed by atoms with Crippen LogP contribution in [0, 0.1) is 0 Å². The number of hydrogen-bond donors (Lipinski definition) is 0. The maximum absolute atomic E-state index is 12.9. The molecule has 1 amide bonds. The molecule has 6 nitrogen and oxygen atoms in total. The number of carbonyl (C=O) groups is 2. The summed E-state index contributed by atoms with van der Waals surface area (Å²) >= 11 is 1.33. The van der Waals surface area contributed by atoms with E-state index in [4.69, 9.17) is 9.47 Å². The third-order valence-electron chi connectivity index (χ3n) is 3.56. The first-order valence-corrected chi connectivity index (χ1v) is 8.91. The first kappa shape index (κ1) is 18.9. The Kier molecular flexibility index (Phi) is 6.52. The second-order valence-electron chi connectivity index (χ2n) is 5.57. The van der Waals surface area contributed by atoms with Crippen LogP contribution in [0.25, 0.3) is 0 Å². The highest BCUT2D eigenvalue weighted by Crippen LogP contribution is 2.22. The first-order valence-electron chi connectivity index (χ1n) is 8.03. The van der Waals surface area contributed by atoms with Crippen LogP contribution in [0.3, 0.4) is 0 Å². The zero-order chi connectivity index (χ0) is 18.4. The highest BCUT2D eigenvalue weighted by Gasteiger charge is 2.23. The maximum Gasteiger partial charge on any atom is 0.357 e. The van der Waals surface area contributed by atoms with Gasteiger partial charge in [-0.3, -0.25) is 4.79 Å². The average Bonchev–Trinajstić information content (AvgIpc) is 3.08. The Labute approximate surface area is 151 Å². The fourth-order valence-corrected chi connectivity index (χ4v) is 3.05. The van der Waals surface area contributed by atoms with Crippen LogP contribution >= 0.6 is 11.3 Å². The monoisotopic (exact) mass is 362 g/mol. The summed E-state index contributed by atoms with van der Waals surface area (Å²) in [4.78, 5) is 30.7. The molecule has 0 fully saturated rings. The van der Waals surface area contributed by atoms with Crippen molar-refractivity contribution in [3.05, 3.63) is 45.9 Å². The van der Waals surface area contributed by atoms with Crippen LogP contribution in [0.15, 0.2) is 29.6 Å². The second-order valence-corrected chi connectivity index (χ2v) is 6.52. The molecule has 0 unspecified atom stereocenters. The number of thiazole rings is 1. The van der Waals surface area contributed by atoms with E-state index < -0.39 is 5.97 Å². The molecule has 0 saturated carbocycles. The number of carbonyl (C=O) groups excluding carboxylic acids is 2. The zero-order valence-electron chi connectivity index (χ0n) is 14.8. The van der Waals surface area contributed by atoms with E-state index in [0.717, 1.165) is 0 Å². The van der Waals surface area contributed by atoms with Crippen molar-refractivity contribution in [2.24, 2.45) is 0 Å².